The normalized spacial score (nSPS) is 24.2. The fraction of sp³-hybridized carbons (Fsp3) is 1.00. The molecule has 0 amide bonds. The van der Waals surface area contributed by atoms with Gasteiger partial charge in [-0.25, -0.2) is 0 Å². The Balaban J connectivity index is 5.28. The Labute approximate surface area is 349 Å². The zero-order valence-electron chi connectivity index (χ0n) is 24.8. The molecule has 272 valence electrons. The van der Waals surface area contributed by atoms with Gasteiger partial charge in [-0.1, -0.05) is 45.7 Å². The fourth-order valence-corrected chi connectivity index (χ4v) is 9.61. The second-order valence-electron chi connectivity index (χ2n) is 10.8. The molecule has 0 aromatic heterocycles. The van der Waals surface area contributed by atoms with Crippen molar-refractivity contribution in [3.63, 3.8) is 0 Å². The van der Waals surface area contributed by atoms with Crippen molar-refractivity contribution in [3.05, 3.63) is 0 Å². The van der Waals surface area contributed by atoms with Gasteiger partial charge in [-0.05, 0) is 18.8 Å². The predicted molar refractivity (Wildman–Crippen MR) is 210 cm³/mol. The summed E-state index contributed by atoms with van der Waals surface area (Å²) in [5.74, 6) is 0.0372. The average Bonchev–Trinajstić information content (AvgIpc) is 3.03. The second-order valence-corrected chi connectivity index (χ2v) is 18.8. The number of unbranched alkanes of at least 4 members (excludes halogenated alkanes) is 1. The number of ether oxygens (including phenoxy) is 2. The van der Waals surface area contributed by atoms with Gasteiger partial charge in [0.05, 0.1) is 93.4 Å². The van der Waals surface area contributed by atoms with Gasteiger partial charge in [0, 0.05) is 6.61 Å². The van der Waals surface area contributed by atoms with E-state index in [0.717, 1.165) is 19.3 Å². The summed E-state index contributed by atoms with van der Waals surface area (Å²) in [7, 11) is 0. The summed E-state index contributed by atoms with van der Waals surface area (Å²) in [4.78, 5) is 0. The molecule has 0 heterocycles. The molecular weight excluding hydrogens is 924 g/mol. The molecule has 2 nitrogen and oxygen atoms in total. The van der Waals surface area contributed by atoms with Crippen LogP contribution in [0.3, 0.4) is 0 Å². The van der Waals surface area contributed by atoms with Crippen molar-refractivity contribution in [2.24, 2.45) is 5.92 Å². The van der Waals surface area contributed by atoms with Gasteiger partial charge < -0.3 is 9.47 Å². The minimum atomic E-state index is -1.06. The standard InChI is InChI=1S/C27H40Cl16O2/c1-5-7-8-44-11(6-2)9-45-27(43)26(42)25(41)24(40)23(39)22(38)21(37)20(36)19(35)18(34)17(33)16(32)15(31)14(30)13(29)12(28)10(3)4/h10-27H,5-9H2,1-4H3. The lowest BCUT2D eigenvalue weighted by molar-refractivity contribution is -0.0279. The van der Waals surface area contributed by atoms with E-state index in [4.69, 9.17) is 195 Å². The van der Waals surface area contributed by atoms with Crippen molar-refractivity contribution >= 4 is 186 Å². The first-order chi connectivity index (χ1) is 20.8. The lowest BCUT2D eigenvalue weighted by Crippen LogP contribution is -2.49. The van der Waals surface area contributed by atoms with Crippen LogP contribution in [0.15, 0.2) is 0 Å². The topological polar surface area (TPSA) is 18.5 Å². The molecule has 0 aliphatic rings. The Morgan fingerprint density at radius 2 is 0.689 bits per heavy atom. The molecule has 45 heavy (non-hydrogen) atoms. The van der Waals surface area contributed by atoms with Crippen LogP contribution in [0.2, 0.25) is 0 Å². The summed E-state index contributed by atoms with van der Waals surface area (Å²) >= 11 is 105. The summed E-state index contributed by atoms with van der Waals surface area (Å²) in [6, 6.07) is 0. The molecule has 0 aliphatic carbocycles. The zero-order chi connectivity index (χ0) is 35.3. The monoisotopic (exact) mass is 956 g/mol. The molecule has 17 unspecified atom stereocenters. The third kappa shape index (κ3) is 16.2. The summed E-state index contributed by atoms with van der Waals surface area (Å²) in [6.07, 6.45) is 2.55. The van der Waals surface area contributed by atoms with E-state index in [1.54, 1.807) is 0 Å². The Bertz CT molecular complexity index is 774. The molecule has 0 spiro atoms. The highest BCUT2D eigenvalue weighted by atomic mass is 35.5. The average molecular weight is 964 g/mol. The van der Waals surface area contributed by atoms with E-state index < -0.39 is 86.2 Å². The first-order valence-corrected chi connectivity index (χ1v) is 21.2. The lowest BCUT2D eigenvalue weighted by Gasteiger charge is -2.35. The molecule has 0 N–H and O–H groups in total. The summed E-state index contributed by atoms with van der Waals surface area (Å²) in [5.41, 5.74) is -0.994. The van der Waals surface area contributed by atoms with E-state index in [0.29, 0.717) is 6.61 Å². The van der Waals surface area contributed by atoms with Crippen molar-refractivity contribution < 1.29 is 9.47 Å². The minimum Gasteiger partial charge on any atom is -0.376 e. The molecule has 0 saturated carbocycles. The van der Waals surface area contributed by atoms with Gasteiger partial charge in [0.1, 0.15) is 5.56 Å². The second kappa shape index (κ2) is 25.6. The molecule has 0 aromatic carbocycles. The highest BCUT2D eigenvalue weighted by Crippen LogP contribution is 2.40. The van der Waals surface area contributed by atoms with Crippen LogP contribution in [0.5, 0.6) is 0 Å². The van der Waals surface area contributed by atoms with Crippen LogP contribution in [-0.2, 0) is 9.47 Å². The molecule has 17 atom stereocenters. The van der Waals surface area contributed by atoms with E-state index in [2.05, 4.69) is 6.92 Å². The van der Waals surface area contributed by atoms with Crippen molar-refractivity contribution in [3.8, 4) is 0 Å². The Kier molecular flexibility index (Phi) is 28.1. The highest BCUT2D eigenvalue weighted by molar-refractivity contribution is 6.46. The molecule has 0 bridgehead atoms. The molecule has 0 fully saturated rings. The van der Waals surface area contributed by atoms with Crippen molar-refractivity contribution in [1.29, 1.82) is 0 Å². The van der Waals surface area contributed by atoms with Crippen molar-refractivity contribution in [1.82, 2.24) is 0 Å². The van der Waals surface area contributed by atoms with Gasteiger partial charge in [0.2, 0.25) is 0 Å². The molecular formula is C27H40Cl16O2. The zero-order valence-corrected chi connectivity index (χ0v) is 36.9. The van der Waals surface area contributed by atoms with Crippen LogP contribution in [-0.4, -0.2) is 106 Å². The number of hydrogen-bond donors (Lipinski definition) is 0. The predicted octanol–water partition coefficient (Wildman–Crippen LogP) is 12.9. The number of alkyl halides is 16. The summed E-state index contributed by atoms with van der Waals surface area (Å²) < 4.78 is 11.5. The van der Waals surface area contributed by atoms with Crippen LogP contribution in [0.1, 0.15) is 47.0 Å². The van der Waals surface area contributed by atoms with Gasteiger partial charge in [-0.3, -0.25) is 0 Å². The van der Waals surface area contributed by atoms with Crippen LogP contribution >= 0.6 is 186 Å². The molecule has 0 aromatic rings. The fourth-order valence-electron chi connectivity index (χ4n) is 3.76. The Hall–Kier alpha value is 4.56. The molecule has 0 aliphatic heterocycles. The largest absolute Gasteiger partial charge is 0.376 e. The van der Waals surface area contributed by atoms with E-state index in [1.807, 2.05) is 20.8 Å². The van der Waals surface area contributed by atoms with Gasteiger partial charge in [0.25, 0.3) is 0 Å². The van der Waals surface area contributed by atoms with Crippen LogP contribution in [0.25, 0.3) is 0 Å². The molecule has 0 rings (SSSR count). The van der Waals surface area contributed by atoms with Crippen molar-refractivity contribution in [2.75, 3.05) is 13.2 Å². The van der Waals surface area contributed by atoms with Crippen molar-refractivity contribution in [2.45, 2.75) is 139 Å². The lowest BCUT2D eigenvalue weighted by atomic mass is 9.99. The van der Waals surface area contributed by atoms with Gasteiger partial charge >= 0.3 is 0 Å². The minimum absolute atomic E-state index is 0.0372. The number of halogens is 16. The van der Waals surface area contributed by atoms with E-state index in [9.17, 15) is 0 Å². The number of rotatable bonds is 24. The maximum absolute atomic E-state index is 6.62. The van der Waals surface area contributed by atoms with E-state index in [-0.39, 0.29) is 18.6 Å². The van der Waals surface area contributed by atoms with Gasteiger partial charge in [0.15, 0.2) is 0 Å². The third-order valence-electron chi connectivity index (χ3n) is 6.89. The van der Waals surface area contributed by atoms with Gasteiger partial charge in [-0.15, -0.1) is 174 Å². The van der Waals surface area contributed by atoms with Crippen LogP contribution in [0.4, 0.5) is 0 Å². The summed E-state index contributed by atoms with van der Waals surface area (Å²) in [6.45, 7) is 8.71. The van der Waals surface area contributed by atoms with Gasteiger partial charge in [-0.2, -0.15) is 0 Å². The van der Waals surface area contributed by atoms with E-state index in [1.165, 1.54) is 0 Å². The SMILES string of the molecule is CCCCOC(CC)COC(Cl)C(Cl)C(Cl)C(Cl)C(Cl)C(Cl)C(Cl)C(Cl)C(Cl)C(Cl)C(Cl)C(Cl)C(Cl)C(Cl)C(Cl)C(Cl)C(C)C. The Morgan fingerprint density at radius 1 is 0.400 bits per heavy atom. The Morgan fingerprint density at radius 3 is 0.956 bits per heavy atom. The van der Waals surface area contributed by atoms with Crippen LogP contribution in [0, 0.1) is 5.92 Å². The van der Waals surface area contributed by atoms with Crippen LogP contribution < -0.4 is 0 Å². The molecule has 18 heteroatoms. The summed E-state index contributed by atoms with van der Waals surface area (Å²) in [5, 5.41) is -14.2. The first kappa shape index (κ1) is 49.6. The smallest absolute Gasteiger partial charge is 0.149 e. The van der Waals surface area contributed by atoms with E-state index >= 15 is 0 Å². The third-order valence-corrected chi connectivity index (χ3v) is 17.6. The first-order valence-electron chi connectivity index (χ1n) is 14.3. The molecule has 0 radical (unpaired) electrons. The maximum atomic E-state index is 6.62. The number of hydrogen-bond acceptors (Lipinski definition) is 2. The quantitative estimate of drug-likeness (QED) is 0.0709. The highest BCUT2D eigenvalue weighted by Gasteiger charge is 2.46. The maximum Gasteiger partial charge on any atom is 0.149 e. The molecule has 0 saturated heterocycles.